The molecule has 0 rings (SSSR count). The van der Waals surface area contributed by atoms with E-state index in [-0.39, 0.29) is 31.6 Å². The van der Waals surface area contributed by atoms with Crippen LogP contribution in [0.3, 0.4) is 0 Å². The van der Waals surface area contributed by atoms with Crippen LogP contribution in [-0.2, 0) is 28.6 Å². The van der Waals surface area contributed by atoms with Crippen molar-refractivity contribution in [3.05, 3.63) is 109 Å². The van der Waals surface area contributed by atoms with E-state index in [9.17, 15) is 14.4 Å². The first-order valence-electron chi connectivity index (χ1n) is 27.4. The monoisotopic (exact) mass is 929 g/mol. The van der Waals surface area contributed by atoms with Gasteiger partial charge in [-0.15, -0.1) is 0 Å². The number of carbonyl (C=O) groups excluding carboxylic acids is 3. The summed E-state index contributed by atoms with van der Waals surface area (Å²) in [5, 5.41) is 0. The Balaban J connectivity index is 4.34. The normalized spacial score (nSPS) is 12.9. The standard InChI is InChI=1S/C61H100O6/c1-4-7-10-13-16-19-22-24-25-26-27-28-29-30-31-32-33-34-35-37-39-42-45-48-51-54-60(63)66-57-58(56-65-59(62)53-50-47-44-41-38-21-18-15-12-9-6-3)67-61(64)55-52-49-46-43-40-36-23-20-17-14-11-8-5-2/h7-8,10-11,16-17,19-20,24-25,27-28,30-31,36,40,46,49,58H,4-6,9,12-15,18,21-23,26,29,32-35,37-39,41-45,47-48,50-57H2,1-3H3/b10-7-,11-8-,19-16-,20-17-,25-24-,28-27-,31-30-,40-36-,49-46-. The van der Waals surface area contributed by atoms with Gasteiger partial charge in [0, 0.05) is 19.3 Å². The molecule has 0 spiro atoms. The Bertz CT molecular complexity index is 1390. The first-order chi connectivity index (χ1) is 33.0. The first-order valence-corrected chi connectivity index (χ1v) is 27.4. The van der Waals surface area contributed by atoms with Gasteiger partial charge in [-0.3, -0.25) is 14.4 Å². The highest BCUT2D eigenvalue weighted by atomic mass is 16.6. The quantitative estimate of drug-likeness (QED) is 0.0262. The molecular weight excluding hydrogens is 829 g/mol. The third-order valence-electron chi connectivity index (χ3n) is 11.3. The van der Waals surface area contributed by atoms with Gasteiger partial charge in [-0.05, 0) is 89.9 Å². The number of unbranched alkanes of at least 4 members (excludes halogenated alkanes) is 19. The van der Waals surface area contributed by atoms with Crippen LogP contribution in [0.4, 0.5) is 0 Å². The SMILES string of the molecule is CC/C=C\C/C=C\C/C=C\C/C=C\C/C=C\CCCCCCCCCCCC(=O)OCC(COC(=O)CCCCCCCCCCCCC)OC(=O)CC/C=C\C/C=C\C/C=C\C/C=C\CC. The van der Waals surface area contributed by atoms with Gasteiger partial charge in [0.1, 0.15) is 13.2 Å². The topological polar surface area (TPSA) is 78.9 Å². The lowest BCUT2D eigenvalue weighted by molar-refractivity contribution is -0.166. The smallest absolute Gasteiger partial charge is 0.306 e. The van der Waals surface area contributed by atoms with Crippen LogP contribution in [0.25, 0.3) is 0 Å². The Kier molecular flexibility index (Phi) is 51.5. The van der Waals surface area contributed by atoms with E-state index in [1.165, 1.54) is 89.9 Å². The molecule has 0 heterocycles. The zero-order valence-corrected chi connectivity index (χ0v) is 43.4. The van der Waals surface area contributed by atoms with E-state index in [0.29, 0.717) is 19.3 Å². The lowest BCUT2D eigenvalue weighted by Crippen LogP contribution is -2.30. The van der Waals surface area contributed by atoms with Gasteiger partial charge >= 0.3 is 17.9 Å². The summed E-state index contributed by atoms with van der Waals surface area (Å²) in [6, 6.07) is 0. The summed E-state index contributed by atoms with van der Waals surface area (Å²) in [5.74, 6) is -1.000. The molecule has 0 bridgehead atoms. The molecule has 0 saturated heterocycles. The molecule has 0 saturated carbocycles. The number of hydrogen-bond acceptors (Lipinski definition) is 6. The van der Waals surface area contributed by atoms with Gasteiger partial charge in [0.05, 0.1) is 0 Å². The van der Waals surface area contributed by atoms with Crippen molar-refractivity contribution in [3.63, 3.8) is 0 Å². The minimum atomic E-state index is -0.817. The Morgan fingerprint density at radius 2 is 0.612 bits per heavy atom. The van der Waals surface area contributed by atoms with Crippen LogP contribution in [0.5, 0.6) is 0 Å². The zero-order chi connectivity index (χ0) is 48.6. The van der Waals surface area contributed by atoms with Gasteiger partial charge in [0.2, 0.25) is 0 Å². The molecule has 0 aliphatic heterocycles. The molecule has 6 heteroatoms. The number of ether oxygens (including phenoxy) is 3. The molecular formula is C61H100O6. The molecule has 0 aromatic rings. The van der Waals surface area contributed by atoms with Gasteiger partial charge in [0.15, 0.2) is 6.10 Å². The van der Waals surface area contributed by atoms with E-state index in [4.69, 9.17) is 14.2 Å². The lowest BCUT2D eigenvalue weighted by atomic mass is 10.1. The molecule has 0 amide bonds. The van der Waals surface area contributed by atoms with Crippen molar-refractivity contribution in [1.82, 2.24) is 0 Å². The fourth-order valence-corrected chi connectivity index (χ4v) is 7.25. The second kappa shape index (κ2) is 54.7. The third-order valence-corrected chi connectivity index (χ3v) is 11.3. The van der Waals surface area contributed by atoms with E-state index in [1.54, 1.807) is 0 Å². The van der Waals surface area contributed by atoms with Crippen LogP contribution in [-0.4, -0.2) is 37.2 Å². The maximum atomic E-state index is 12.8. The maximum absolute atomic E-state index is 12.8. The van der Waals surface area contributed by atoms with Gasteiger partial charge in [-0.1, -0.05) is 239 Å². The number of carbonyl (C=O) groups is 3. The Hall–Kier alpha value is -3.93. The Morgan fingerprint density at radius 3 is 0.970 bits per heavy atom. The van der Waals surface area contributed by atoms with Crippen molar-refractivity contribution in [2.75, 3.05) is 13.2 Å². The highest BCUT2D eigenvalue weighted by Gasteiger charge is 2.19. The van der Waals surface area contributed by atoms with Crippen molar-refractivity contribution in [1.29, 1.82) is 0 Å². The number of esters is 3. The molecule has 0 aliphatic carbocycles. The van der Waals surface area contributed by atoms with Gasteiger partial charge in [0.25, 0.3) is 0 Å². The number of rotatable bonds is 48. The maximum Gasteiger partial charge on any atom is 0.306 e. The average molecular weight is 929 g/mol. The highest BCUT2D eigenvalue weighted by molar-refractivity contribution is 5.71. The molecule has 0 aromatic carbocycles. The lowest BCUT2D eigenvalue weighted by Gasteiger charge is -2.18. The summed E-state index contributed by atoms with van der Waals surface area (Å²) >= 11 is 0. The van der Waals surface area contributed by atoms with Crippen molar-refractivity contribution < 1.29 is 28.6 Å². The van der Waals surface area contributed by atoms with Crippen molar-refractivity contribution in [3.8, 4) is 0 Å². The van der Waals surface area contributed by atoms with Gasteiger partial charge < -0.3 is 14.2 Å². The molecule has 6 nitrogen and oxygen atoms in total. The molecule has 67 heavy (non-hydrogen) atoms. The fraction of sp³-hybridized carbons (Fsp3) is 0.656. The summed E-state index contributed by atoms with van der Waals surface area (Å²) in [6.45, 7) is 6.33. The van der Waals surface area contributed by atoms with Crippen molar-refractivity contribution in [2.45, 2.75) is 245 Å². The zero-order valence-electron chi connectivity index (χ0n) is 43.4. The molecule has 1 atom stereocenters. The minimum Gasteiger partial charge on any atom is -0.462 e. The predicted molar refractivity (Wildman–Crippen MR) is 288 cm³/mol. The molecule has 0 aromatic heterocycles. The summed E-state index contributed by atoms with van der Waals surface area (Å²) < 4.78 is 16.7. The third kappa shape index (κ3) is 52.9. The summed E-state index contributed by atoms with van der Waals surface area (Å²) in [5.41, 5.74) is 0. The van der Waals surface area contributed by atoms with E-state index < -0.39 is 12.1 Å². The fourth-order valence-electron chi connectivity index (χ4n) is 7.25. The summed E-state index contributed by atoms with van der Waals surface area (Å²) in [7, 11) is 0. The van der Waals surface area contributed by atoms with E-state index in [2.05, 4.69) is 118 Å². The predicted octanol–water partition coefficient (Wildman–Crippen LogP) is 18.3. The first kappa shape index (κ1) is 63.1. The van der Waals surface area contributed by atoms with Crippen LogP contribution in [0.1, 0.15) is 239 Å². The van der Waals surface area contributed by atoms with Crippen LogP contribution < -0.4 is 0 Å². The summed E-state index contributed by atoms with van der Waals surface area (Å²) in [4.78, 5) is 38.0. The second-order valence-corrected chi connectivity index (χ2v) is 17.7. The second-order valence-electron chi connectivity index (χ2n) is 17.7. The average Bonchev–Trinajstić information content (AvgIpc) is 3.33. The molecule has 0 radical (unpaired) electrons. The molecule has 0 fully saturated rings. The summed E-state index contributed by atoms with van der Waals surface area (Å²) in [6.07, 6.45) is 73.8. The van der Waals surface area contributed by atoms with E-state index in [0.717, 1.165) is 103 Å². The van der Waals surface area contributed by atoms with Crippen LogP contribution in [0.15, 0.2) is 109 Å². The van der Waals surface area contributed by atoms with Crippen molar-refractivity contribution >= 4 is 17.9 Å². The van der Waals surface area contributed by atoms with Gasteiger partial charge in [-0.2, -0.15) is 0 Å². The minimum absolute atomic E-state index is 0.108. The van der Waals surface area contributed by atoms with Crippen molar-refractivity contribution in [2.24, 2.45) is 0 Å². The van der Waals surface area contributed by atoms with Gasteiger partial charge in [-0.25, -0.2) is 0 Å². The molecule has 1 unspecified atom stereocenters. The Labute approximate surface area is 412 Å². The van der Waals surface area contributed by atoms with Crippen LogP contribution in [0.2, 0.25) is 0 Å². The molecule has 0 N–H and O–H groups in total. The number of hydrogen-bond donors (Lipinski definition) is 0. The van der Waals surface area contributed by atoms with E-state index >= 15 is 0 Å². The van der Waals surface area contributed by atoms with Crippen LogP contribution >= 0.6 is 0 Å². The van der Waals surface area contributed by atoms with Crippen LogP contribution in [0, 0.1) is 0 Å². The molecule has 380 valence electrons. The van der Waals surface area contributed by atoms with E-state index in [1.807, 2.05) is 12.2 Å². The highest BCUT2D eigenvalue weighted by Crippen LogP contribution is 2.14. The molecule has 0 aliphatic rings. The number of allylic oxidation sites excluding steroid dienone is 18. The largest absolute Gasteiger partial charge is 0.462 e. The Morgan fingerprint density at radius 1 is 0.313 bits per heavy atom.